The molecule has 1 unspecified atom stereocenters. The molecule has 8 heteroatoms. The summed E-state index contributed by atoms with van der Waals surface area (Å²) in [5, 5.41) is 6.91. The van der Waals surface area contributed by atoms with Gasteiger partial charge in [-0.25, -0.2) is 14.6 Å². The van der Waals surface area contributed by atoms with Crippen LogP contribution in [0.2, 0.25) is 0 Å². The molecule has 0 radical (unpaired) electrons. The number of anilines is 1. The average Bonchev–Trinajstić information content (AvgIpc) is 2.85. The lowest BCUT2D eigenvalue weighted by atomic mass is 10.1. The fourth-order valence-electron chi connectivity index (χ4n) is 2.30. The van der Waals surface area contributed by atoms with Gasteiger partial charge in [0.15, 0.2) is 0 Å². The van der Waals surface area contributed by atoms with E-state index in [0.29, 0.717) is 19.4 Å². The molecule has 2 aromatic heterocycles. The number of halogens is 3. The number of fused-ring (bicyclic) bond motifs is 1. The third-order valence-electron chi connectivity index (χ3n) is 3.26. The summed E-state index contributed by atoms with van der Waals surface area (Å²) in [4.78, 5) is 7.89. The van der Waals surface area contributed by atoms with Crippen LogP contribution in [-0.2, 0) is 19.1 Å². The number of aromatic nitrogens is 4. The smallest absolute Gasteiger partial charge is 0.365 e. The van der Waals surface area contributed by atoms with Gasteiger partial charge in [-0.1, -0.05) is 0 Å². The molecular formula is C12H12F3N5. The number of alkyl halides is 3. The molecule has 2 aromatic rings. The number of hydrogen-bond acceptors (Lipinski definition) is 4. The fourth-order valence-corrected chi connectivity index (χ4v) is 2.30. The maximum atomic E-state index is 12.9. The largest absolute Gasteiger partial charge is 0.419 e. The van der Waals surface area contributed by atoms with Crippen molar-refractivity contribution in [1.82, 2.24) is 19.7 Å². The minimum Gasteiger partial charge on any atom is -0.365 e. The van der Waals surface area contributed by atoms with Crippen LogP contribution in [0.4, 0.5) is 19.0 Å². The highest BCUT2D eigenvalue weighted by atomic mass is 19.4. The van der Waals surface area contributed by atoms with Gasteiger partial charge in [0, 0.05) is 18.7 Å². The summed E-state index contributed by atoms with van der Waals surface area (Å²) >= 11 is 0. The lowest BCUT2D eigenvalue weighted by Gasteiger charge is -2.25. The molecule has 1 N–H and O–H groups in total. The lowest BCUT2D eigenvalue weighted by Crippen LogP contribution is -2.33. The van der Waals surface area contributed by atoms with Gasteiger partial charge in [-0.3, -0.25) is 0 Å². The van der Waals surface area contributed by atoms with Crippen molar-refractivity contribution in [2.24, 2.45) is 0 Å². The van der Waals surface area contributed by atoms with Crippen LogP contribution in [0.15, 0.2) is 24.7 Å². The van der Waals surface area contributed by atoms with Crippen LogP contribution in [-0.4, -0.2) is 25.8 Å². The van der Waals surface area contributed by atoms with E-state index in [2.05, 4.69) is 20.4 Å². The zero-order valence-corrected chi connectivity index (χ0v) is 10.4. The van der Waals surface area contributed by atoms with Crippen molar-refractivity contribution >= 4 is 5.82 Å². The first-order chi connectivity index (χ1) is 9.54. The molecule has 0 spiro atoms. The minimum absolute atomic E-state index is 0.131. The van der Waals surface area contributed by atoms with Crippen molar-refractivity contribution in [2.75, 3.05) is 5.32 Å². The predicted molar refractivity (Wildman–Crippen MR) is 65.0 cm³/mol. The highest BCUT2D eigenvalue weighted by Gasteiger charge is 2.34. The number of hydrogen-bond donors (Lipinski definition) is 1. The van der Waals surface area contributed by atoms with Gasteiger partial charge in [0.25, 0.3) is 0 Å². The first kappa shape index (κ1) is 12.9. The Morgan fingerprint density at radius 3 is 2.95 bits per heavy atom. The average molecular weight is 283 g/mol. The molecule has 5 nitrogen and oxygen atoms in total. The van der Waals surface area contributed by atoms with Crippen molar-refractivity contribution < 1.29 is 13.2 Å². The van der Waals surface area contributed by atoms with E-state index in [1.807, 2.05) is 0 Å². The Morgan fingerprint density at radius 1 is 1.30 bits per heavy atom. The van der Waals surface area contributed by atoms with Gasteiger partial charge in [-0.15, -0.1) is 0 Å². The molecule has 0 saturated heterocycles. The molecule has 20 heavy (non-hydrogen) atoms. The van der Waals surface area contributed by atoms with Gasteiger partial charge < -0.3 is 5.32 Å². The van der Waals surface area contributed by atoms with E-state index in [1.54, 1.807) is 4.68 Å². The van der Waals surface area contributed by atoms with Crippen LogP contribution in [0.5, 0.6) is 0 Å². The topological polar surface area (TPSA) is 55.6 Å². The zero-order chi connectivity index (χ0) is 14.2. The Labute approximate surface area is 112 Å². The quantitative estimate of drug-likeness (QED) is 0.917. The van der Waals surface area contributed by atoms with Gasteiger partial charge in [0.05, 0.1) is 12.1 Å². The van der Waals surface area contributed by atoms with E-state index in [9.17, 15) is 13.2 Å². The number of nitrogens with one attached hydrogen (secondary N) is 1. The standard InChI is InChI=1S/C12H12F3N5/c13-12(14,15)9-2-1-5-16-11(9)19-8-3-4-10-17-7-18-20(10)6-8/h1-2,5,7-8H,3-4,6H2,(H,16,19). The monoisotopic (exact) mass is 283 g/mol. The van der Waals surface area contributed by atoms with Crippen LogP contribution >= 0.6 is 0 Å². The zero-order valence-electron chi connectivity index (χ0n) is 10.4. The van der Waals surface area contributed by atoms with Crippen molar-refractivity contribution in [3.8, 4) is 0 Å². The molecule has 1 aliphatic heterocycles. The van der Waals surface area contributed by atoms with Gasteiger partial charge in [0.2, 0.25) is 0 Å². The van der Waals surface area contributed by atoms with E-state index in [4.69, 9.17) is 0 Å². The lowest BCUT2D eigenvalue weighted by molar-refractivity contribution is -0.137. The molecule has 1 atom stereocenters. The summed E-state index contributed by atoms with van der Waals surface area (Å²) in [5.41, 5.74) is -0.746. The summed E-state index contributed by atoms with van der Waals surface area (Å²) in [6.07, 6.45) is -0.219. The van der Waals surface area contributed by atoms with Crippen molar-refractivity contribution in [2.45, 2.75) is 31.6 Å². The molecule has 0 bridgehead atoms. The van der Waals surface area contributed by atoms with Crippen LogP contribution in [0.3, 0.4) is 0 Å². The maximum absolute atomic E-state index is 12.9. The molecular weight excluding hydrogens is 271 g/mol. The van der Waals surface area contributed by atoms with Crippen molar-refractivity contribution in [3.05, 3.63) is 36.0 Å². The first-order valence-corrected chi connectivity index (χ1v) is 6.19. The van der Waals surface area contributed by atoms with E-state index >= 15 is 0 Å². The molecule has 0 saturated carbocycles. The second-order valence-corrected chi connectivity index (χ2v) is 4.64. The summed E-state index contributed by atoms with van der Waals surface area (Å²) in [6, 6.07) is 2.17. The molecule has 3 heterocycles. The second kappa shape index (κ2) is 4.77. The second-order valence-electron chi connectivity index (χ2n) is 4.64. The van der Waals surface area contributed by atoms with Gasteiger partial charge in [0.1, 0.15) is 18.0 Å². The molecule has 106 valence electrons. The third-order valence-corrected chi connectivity index (χ3v) is 3.26. The number of pyridine rings is 1. The van der Waals surface area contributed by atoms with Crippen molar-refractivity contribution in [1.29, 1.82) is 0 Å². The highest BCUT2D eigenvalue weighted by Crippen LogP contribution is 2.34. The van der Waals surface area contributed by atoms with Crippen LogP contribution in [0, 0.1) is 0 Å². The molecule has 1 aliphatic rings. The summed E-state index contributed by atoms with van der Waals surface area (Å²) in [5.74, 6) is 0.730. The Kier molecular flexibility index (Phi) is 3.07. The number of aryl methyl sites for hydroxylation is 1. The summed E-state index contributed by atoms with van der Waals surface area (Å²) in [7, 11) is 0. The minimum atomic E-state index is -4.41. The molecule has 3 rings (SSSR count). The Hall–Kier alpha value is -2.12. The summed E-state index contributed by atoms with van der Waals surface area (Å²) < 4.78 is 40.4. The van der Waals surface area contributed by atoms with Crippen molar-refractivity contribution in [3.63, 3.8) is 0 Å². The molecule has 0 fully saturated rings. The van der Waals surface area contributed by atoms with E-state index in [0.717, 1.165) is 11.9 Å². The molecule has 0 aliphatic carbocycles. The van der Waals surface area contributed by atoms with E-state index in [-0.39, 0.29) is 11.9 Å². The maximum Gasteiger partial charge on any atom is 0.419 e. The molecule has 0 amide bonds. The van der Waals surface area contributed by atoms with Crippen LogP contribution in [0.25, 0.3) is 0 Å². The van der Waals surface area contributed by atoms with Crippen LogP contribution < -0.4 is 5.32 Å². The van der Waals surface area contributed by atoms with Gasteiger partial charge in [-0.05, 0) is 18.6 Å². The highest BCUT2D eigenvalue weighted by molar-refractivity contribution is 5.46. The SMILES string of the molecule is FC(F)(F)c1cccnc1NC1CCc2ncnn2C1. The van der Waals surface area contributed by atoms with Gasteiger partial charge >= 0.3 is 6.18 Å². The normalized spacial score (nSPS) is 18.6. The Bertz CT molecular complexity index is 607. The fraction of sp³-hybridized carbons (Fsp3) is 0.417. The number of rotatable bonds is 2. The third kappa shape index (κ3) is 2.45. The predicted octanol–water partition coefficient (Wildman–Crippen LogP) is 2.12. The van der Waals surface area contributed by atoms with Crippen LogP contribution in [0.1, 0.15) is 17.8 Å². The Morgan fingerprint density at radius 2 is 2.15 bits per heavy atom. The molecule has 0 aromatic carbocycles. The first-order valence-electron chi connectivity index (χ1n) is 6.19. The van der Waals surface area contributed by atoms with E-state index in [1.165, 1.54) is 18.6 Å². The number of nitrogens with zero attached hydrogens (tertiary/aromatic N) is 4. The van der Waals surface area contributed by atoms with Gasteiger partial charge in [-0.2, -0.15) is 18.3 Å². The summed E-state index contributed by atoms with van der Waals surface area (Å²) in [6.45, 7) is 0.489. The Balaban J connectivity index is 1.80. The van der Waals surface area contributed by atoms with E-state index < -0.39 is 11.7 Å².